The molecule has 166 valence electrons. The molecular weight excluding hydrogens is 418 g/mol. The third kappa shape index (κ3) is 3.58. The van der Waals surface area contributed by atoms with Gasteiger partial charge in [-0.05, 0) is 51.2 Å². The lowest BCUT2D eigenvalue weighted by Crippen LogP contribution is -2.42. The van der Waals surface area contributed by atoms with Crippen LogP contribution in [0.25, 0.3) is 11.1 Å². The van der Waals surface area contributed by atoms with Crippen LogP contribution in [-0.4, -0.2) is 55.1 Å². The molecule has 1 aromatic carbocycles. The highest BCUT2D eigenvalue weighted by Gasteiger charge is 2.36. The van der Waals surface area contributed by atoms with Crippen LogP contribution in [0.2, 0.25) is 0 Å². The molecule has 0 N–H and O–H groups in total. The highest BCUT2D eigenvalue weighted by atomic mass is 32.2. The van der Waals surface area contributed by atoms with Crippen molar-refractivity contribution in [3.05, 3.63) is 30.1 Å². The number of fused-ring (bicyclic) bond motifs is 1. The summed E-state index contributed by atoms with van der Waals surface area (Å²) in [6.07, 6.45) is 8.34. The van der Waals surface area contributed by atoms with Crippen molar-refractivity contribution in [3.8, 4) is 16.9 Å². The average molecular weight is 446 g/mol. The predicted molar refractivity (Wildman–Crippen MR) is 116 cm³/mol. The predicted octanol–water partition coefficient (Wildman–Crippen LogP) is 3.36. The maximum absolute atomic E-state index is 12.5. The summed E-state index contributed by atoms with van der Waals surface area (Å²) >= 11 is 0. The Morgan fingerprint density at radius 1 is 1.19 bits per heavy atom. The average Bonchev–Trinajstić information content (AvgIpc) is 3.17. The van der Waals surface area contributed by atoms with E-state index in [-0.39, 0.29) is 35.8 Å². The van der Waals surface area contributed by atoms with E-state index in [0.717, 1.165) is 60.2 Å². The van der Waals surface area contributed by atoms with Crippen molar-refractivity contribution in [3.63, 3.8) is 0 Å². The van der Waals surface area contributed by atoms with Gasteiger partial charge < -0.3 is 9.47 Å². The molecule has 3 heterocycles. The van der Waals surface area contributed by atoms with Gasteiger partial charge in [0.2, 0.25) is 0 Å². The number of methoxy groups -OCH3 is 1. The lowest BCUT2D eigenvalue weighted by molar-refractivity contribution is 0.119. The molecule has 9 heteroatoms. The summed E-state index contributed by atoms with van der Waals surface area (Å²) in [6.45, 7) is 2.02. The van der Waals surface area contributed by atoms with Gasteiger partial charge in [0.25, 0.3) is 0 Å². The molecule has 0 bridgehead atoms. The fourth-order valence-electron chi connectivity index (χ4n) is 4.57. The highest BCUT2D eigenvalue weighted by Crippen LogP contribution is 2.45. The fraction of sp³-hybridized carbons (Fsp3) is 0.545. The third-order valence-corrected chi connectivity index (χ3v) is 8.42. The minimum atomic E-state index is -2.92. The molecule has 1 amide bonds. The Morgan fingerprint density at radius 2 is 1.97 bits per heavy atom. The molecule has 1 saturated heterocycles. The molecule has 1 saturated carbocycles. The van der Waals surface area contributed by atoms with Crippen molar-refractivity contribution in [2.45, 2.75) is 57.2 Å². The molecular formula is C22H27N3O5S. The molecule has 1 atom stereocenters. The van der Waals surface area contributed by atoms with Gasteiger partial charge in [-0.1, -0.05) is 0 Å². The van der Waals surface area contributed by atoms with Crippen molar-refractivity contribution in [2.75, 3.05) is 23.5 Å². The van der Waals surface area contributed by atoms with Crippen LogP contribution in [0.4, 0.5) is 10.5 Å². The van der Waals surface area contributed by atoms with Gasteiger partial charge in [-0.25, -0.2) is 13.2 Å². The number of carbonyl (C=O) groups excluding carboxylic acids is 1. The largest absolute Gasteiger partial charge is 0.489 e. The fourth-order valence-corrected chi connectivity index (χ4v) is 5.95. The number of ether oxygens (including phenoxy) is 2. The minimum absolute atomic E-state index is 0.0469. The summed E-state index contributed by atoms with van der Waals surface area (Å²) < 4.78 is 36.4. The second kappa shape index (κ2) is 7.55. The number of sulfone groups is 1. The molecule has 8 nitrogen and oxygen atoms in total. The van der Waals surface area contributed by atoms with Crippen LogP contribution in [0.3, 0.4) is 0 Å². The van der Waals surface area contributed by atoms with Crippen LogP contribution in [-0.2, 0) is 21.0 Å². The highest BCUT2D eigenvalue weighted by molar-refractivity contribution is 7.92. The molecule has 1 aromatic heterocycles. The van der Waals surface area contributed by atoms with E-state index in [0.29, 0.717) is 0 Å². The van der Waals surface area contributed by atoms with Crippen molar-refractivity contribution in [1.29, 1.82) is 0 Å². The first-order valence-corrected chi connectivity index (χ1v) is 12.6. The van der Waals surface area contributed by atoms with Crippen LogP contribution < -0.4 is 9.64 Å². The third-order valence-electron chi connectivity index (χ3n) is 6.64. The Kier molecular flexibility index (Phi) is 4.96. The maximum Gasteiger partial charge on any atom is 0.414 e. The van der Waals surface area contributed by atoms with E-state index >= 15 is 0 Å². The van der Waals surface area contributed by atoms with E-state index < -0.39 is 9.84 Å². The Morgan fingerprint density at radius 3 is 2.61 bits per heavy atom. The quantitative estimate of drug-likeness (QED) is 0.717. The zero-order valence-electron chi connectivity index (χ0n) is 17.8. The zero-order chi connectivity index (χ0) is 21.8. The second-order valence-corrected chi connectivity index (χ2v) is 10.9. The number of aromatic nitrogens is 2. The number of nitrogens with zero attached hydrogens (tertiary/aromatic N) is 3. The van der Waals surface area contributed by atoms with E-state index in [4.69, 9.17) is 9.47 Å². The van der Waals surface area contributed by atoms with Gasteiger partial charge in [0.15, 0.2) is 9.84 Å². The molecule has 2 fully saturated rings. The van der Waals surface area contributed by atoms with Gasteiger partial charge in [0, 0.05) is 28.9 Å². The standard InChI is InChI=1S/C22H27N3O5S/c1-14-6-7-19-20(25(14)22(26)29-2)9-8-18(21(19)30-17-4-3-5-17)15-10-23-24(11-15)16-12-31(27,28)13-16/h8-11,14,16-17H,3-7,12-13H2,1-2H3/t14-/m0/s1. The summed E-state index contributed by atoms with van der Waals surface area (Å²) in [7, 11) is -1.52. The zero-order valence-corrected chi connectivity index (χ0v) is 18.6. The SMILES string of the molecule is COC(=O)N1c2ccc(-c3cnn(C4CS(=O)(=O)C4)c3)c(OC3CCC3)c2CC[C@@H]1C. The molecule has 31 heavy (non-hydrogen) atoms. The molecule has 2 aliphatic heterocycles. The number of hydrogen-bond donors (Lipinski definition) is 0. The first-order chi connectivity index (χ1) is 14.9. The monoisotopic (exact) mass is 445 g/mol. The molecule has 2 aromatic rings. The number of carbonyl (C=O) groups is 1. The van der Waals surface area contributed by atoms with Crippen LogP contribution in [0, 0.1) is 0 Å². The second-order valence-electron chi connectivity index (χ2n) is 8.78. The van der Waals surface area contributed by atoms with Crippen LogP contribution in [0.1, 0.15) is 44.2 Å². The van der Waals surface area contributed by atoms with Gasteiger partial charge in [-0.3, -0.25) is 9.58 Å². The first-order valence-electron chi connectivity index (χ1n) is 10.8. The van der Waals surface area contributed by atoms with Gasteiger partial charge in [-0.2, -0.15) is 5.10 Å². The number of rotatable bonds is 4. The topological polar surface area (TPSA) is 90.7 Å². The van der Waals surface area contributed by atoms with E-state index in [2.05, 4.69) is 5.10 Å². The Labute approximate surface area is 182 Å². The molecule has 3 aliphatic rings. The van der Waals surface area contributed by atoms with Gasteiger partial charge in [-0.15, -0.1) is 0 Å². The van der Waals surface area contributed by atoms with E-state index in [1.54, 1.807) is 15.8 Å². The van der Waals surface area contributed by atoms with E-state index in [1.165, 1.54) is 7.11 Å². The van der Waals surface area contributed by atoms with Gasteiger partial charge >= 0.3 is 6.09 Å². The Balaban J connectivity index is 1.55. The van der Waals surface area contributed by atoms with E-state index in [1.807, 2.05) is 25.3 Å². The summed E-state index contributed by atoms with van der Waals surface area (Å²) in [6, 6.07) is 3.86. The lowest BCUT2D eigenvalue weighted by atomic mass is 9.91. The van der Waals surface area contributed by atoms with Crippen molar-refractivity contribution >= 4 is 21.6 Å². The van der Waals surface area contributed by atoms with Crippen LogP contribution in [0.15, 0.2) is 24.5 Å². The van der Waals surface area contributed by atoms with Crippen LogP contribution in [0.5, 0.6) is 5.75 Å². The molecule has 0 spiro atoms. The lowest BCUT2D eigenvalue weighted by Gasteiger charge is -2.37. The normalized spacial score (nSPS) is 22.9. The molecule has 1 aliphatic carbocycles. The first kappa shape index (κ1) is 20.4. The summed E-state index contributed by atoms with van der Waals surface area (Å²) in [5.74, 6) is 1.08. The van der Waals surface area contributed by atoms with Crippen LogP contribution >= 0.6 is 0 Å². The van der Waals surface area contributed by atoms with Crippen molar-refractivity contribution < 1.29 is 22.7 Å². The maximum atomic E-state index is 12.5. The smallest absolute Gasteiger partial charge is 0.414 e. The van der Waals surface area contributed by atoms with Crippen molar-refractivity contribution in [1.82, 2.24) is 9.78 Å². The minimum Gasteiger partial charge on any atom is -0.489 e. The van der Waals surface area contributed by atoms with E-state index in [9.17, 15) is 13.2 Å². The summed E-state index contributed by atoms with van der Waals surface area (Å²) in [4.78, 5) is 14.2. The molecule has 0 radical (unpaired) electrons. The summed E-state index contributed by atoms with van der Waals surface area (Å²) in [5, 5.41) is 4.43. The van der Waals surface area contributed by atoms with Gasteiger partial charge in [0.05, 0.1) is 42.6 Å². The van der Waals surface area contributed by atoms with Gasteiger partial charge in [0.1, 0.15) is 5.75 Å². The number of amides is 1. The summed E-state index contributed by atoms with van der Waals surface area (Å²) in [5.41, 5.74) is 3.68. The number of hydrogen-bond acceptors (Lipinski definition) is 6. The van der Waals surface area contributed by atoms with Crippen molar-refractivity contribution in [2.24, 2.45) is 0 Å². The molecule has 0 unspecified atom stereocenters. The Bertz CT molecular complexity index is 1110. The Hall–Kier alpha value is -2.55. The molecule has 5 rings (SSSR count). The number of benzene rings is 1. The number of anilines is 1.